The number of para-hydroxylation sites is 2. The molecule has 0 fully saturated rings. The van der Waals surface area contributed by atoms with Crippen LogP contribution in [0.15, 0.2) is 134 Å². The van der Waals surface area contributed by atoms with Crippen molar-refractivity contribution in [2.75, 3.05) is 0 Å². The fourth-order valence-corrected chi connectivity index (χ4v) is 5.95. The molecular formula is C35H22N2. The second-order valence-corrected chi connectivity index (χ2v) is 9.62. The molecule has 0 aliphatic heterocycles. The highest BCUT2D eigenvalue weighted by molar-refractivity contribution is 6.20. The zero-order valence-electron chi connectivity index (χ0n) is 20.1. The number of aromatic nitrogens is 2. The molecule has 2 heteroatoms. The second-order valence-electron chi connectivity index (χ2n) is 9.62. The summed E-state index contributed by atoms with van der Waals surface area (Å²) in [6.45, 7) is 0. The van der Waals surface area contributed by atoms with E-state index in [1.54, 1.807) is 0 Å². The topological polar surface area (TPSA) is 17.8 Å². The molecule has 0 aliphatic carbocycles. The number of pyridine rings is 1. The molecule has 0 atom stereocenters. The summed E-state index contributed by atoms with van der Waals surface area (Å²) < 4.78 is 2.36. The largest absolute Gasteiger partial charge is 0.309 e. The van der Waals surface area contributed by atoms with E-state index in [1.807, 2.05) is 12.3 Å². The van der Waals surface area contributed by atoms with Gasteiger partial charge in [-0.2, -0.15) is 0 Å². The van der Waals surface area contributed by atoms with Crippen LogP contribution >= 0.6 is 0 Å². The van der Waals surface area contributed by atoms with Gasteiger partial charge >= 0.3 is 0 Å². The van der Waals surface area contributed by atoms with E-state index in [1.165, 1.54) is 54.3 Å². The van der Waals surface area contributed by atoms with E-state index in [0.29, 0.717) is 0 Å². The number of rotatable bonds is 2. The summed E-state index contributed by atoms with van der Waals surface area (Å²) in [7, 11) is 0. The van der Waals surface area contributed by atoms with Crippen LogP contribution in [0.2, 0.25) is 0 Å². The first-order valence-corrected chi connectivity index (χ1v) is 12.6. The molecule has 0 saturated carbocycles. The van der Waals surface area contributed by atoms with Crippen LogP contribution in [-0.2, 0) is 0 Å². The number of hydrogen-bond donors (Lipinski definition) is 0. The first-order valence-electron chi connectivity index (χ1n) is 12.6. The van der Waals surface area contributed by atoms with Gasteiger partial charge in [0.1, 0.15) is 0 Å². The highest BCUT2D eigenvalue weighted by Crippen LogP contribution is 2.38. The summed E-state index contributed by atoms with van der Waals surface area (Å²) in [5.74, 6) is 0. The Morgan fingerprint density at radius 3 is 1.86 bits per heavy atom. The van der Waals surface area contributed by atoms with Gasteiger partial charge in [-0.3, -0.25) is 4.98 Å². The number of benzene rings is 6. The summed E-state index contributed by atoms with van der Waals surface area (Å²) in [6, 6.07) is 45.8. The van der Waals surface area contributed by atoms with E-state index >= 15 is 0 Å². The molecule has 172 valence electrons. The number of nitrogens with zero attached hydrogens (tertiary/aromatic N) is 2. The van der Waals surface area contributed by atoms with Gasteiger partial charge in [-0.1, -0.05) is 91.0 Å². The minimum atomic E-state index is 1.04. The standard InChI is InChI=1S/C35H22N2/c1-2-9-26-23(8-1)17-20-27-30-12-7-21-36-35(30)31(22-32(26)27)24-15-18-25(19-16-24)37-33-13-5-3-10-28(33)29-11-4-6-14-34(29)37/h1-22H. The van der Waals surface area contributed by atoms with Crippen LogP contribution in [0.1, 0.15) is 0 Å². The third-order valence-electron chi connectivity index (χ3n) is 7.63. The van der Waals surface area contributed by atoms with Gasteiger partial charge in [0.25, 0.3) is 0 Å². The summed E-state index contributed by atoms with van der Waals surface area (Å²) in [6.07, 6.45) is 1.89. The third-order valence-corrected chi connectivity index (χ3v) is 7.63. The van der Waals surface area contributed by atoms with Crippen molar-refractivity contribution in [3.8, 4) is 16.8 Å². The van der Waals surface area contributed by atoms with Gasteiger partial charge in [0.2, 0.25) is 0 Å². The van der Waals surface area contributed by atoms with Crippen molar-refractivity contribution in [3.63, 3.8) is 0 Å². The minimum Gasteiger partial charge on any atom is -0.309 e. The van der Waals surface area contributed by atoms with Crippen molar-refractivity contribution >= 4 is 54.3 Å². The molecule has 2 aromatic heterocycles. The maximum absolute atomic E-state index is 4.84. The minimum absolute atomic E-state index is 1.04. The maximum Gasteiger partial charge on any atom is 0.0786 e. The van der Waals surface area contributed by atoms with Crippen molar-refractivity contribution in [2.45, 2.75) is 0 Å². The molecular weight excluding hydrogens is 448 g/mol. The van der Waals surface area contributed by atoms with Gasteiger partial charge in [-0.15, -0.1) is 0 Å². The van der Waals surface area contributed by atoms with Crippen molar-refractivity contribution in [3.05, 3.63) is 134 Å². The van der Waals surface area contributed by atoms with E-state index in [4.69, 9.17) is 4.98 Å². The monoisotopic (exact) mass is 470 g/mol. The van der Waals surface area contributed by atoms with Crippen LogP contribution in [0.5, 0.6) is 0 Å². The van der Waals surface area contributed by atoms with Crippen molar-refractivity contribution < 1.29 is 0 Å². The average Bonchev–Trinajstić information content (AvgIpc) is 3.31. The molecule has 0 saturated heterocycles. The van der Waals surface area contributed by atoms with Crippen molar-refractivity contribution in [2.24, 2.45) is 0 Å². The van der Waals surface area contributed by atoms with Crippen LogP contribution in [0.4, 0.5) is 0 Å². The lowest BCUT2D eigenvalue weighted by Crippen LogP contribution is -1.94. The fraction of sp³-hybridized carbons (Fsp3) is 0. The van der Waals surface area contributed by atoms with Crippen LogP contribution in [0, 0.1) is 0 Å². The highest BCUT2D eigenvalue weighted by atomic mass is 15.0. The number of fused-ring (bicyclic) bond motifs is 8. The SMILES string of the molecule is c1ccc2c(c1)ccc1c3cccnc3c(-c3ccc(-n4c5ccccc5c5ccccc54)cc3)cc21. The first-order chi connectivity index (χ1) is 18.4. The van der Waals surface area contributed by atoms with Gasteiger partial charge < -0.3 is 4.57 Å². The Labute approximate surface area is 214 Å². The van der Waals surface area contributed by atoms with Gasteiger partial charge in [0.15, 0.2) is 0 Å². The summed E-state index contributed by atoms with van der Waals surface area (Å²) >= 11 is 0. The molecule has 0 amide bonds. The lowest BCUT2D eigenvalue weighted by atomic mass is 9.93. The molecule has 0 aliphatic rings. The Balaban J connectivity index is 1.37. The fourth-order valence-electron chi connectivity index (χ4n) is 5.95. The Morgan fingerprint density at radius 1 is 0.459 bits per heavy atom. The molecule has 8 rings (SSSR count). The van der Waals surface area contributed by atoms with Gasteiger partial charge in [-0.25, -0.2) is 0 Å². The molecule has 6 aromatic carbocycles. The predicted molar refractivity (Wildman–Crippen MR) is 157 cm³/mol. The predicted octanol–water partition coefficient (Wildman–Crippen LogP) is 9.31. The average molecular weight is 471 g/mol. The first kappa shape index (κ1) is 20.3. The van der Waals surface area contributed by atoms with Crippen LogP contribution in [-0.4, -0.2) is 9.55 Å². The molecule has 2 heterocycles. The van der Waals surface area contributed by atoms with Crippen molar-refractivity contribution in [1.29, 1.82) is 0 Å². The molecule has 0 radical (unpaired) electrons. The molecule has 0 bridgehead atoms. The van der Waals surface area contributed by atoms with Crippen LogP contribution in [0.3, 0.4) is 0 Å². The van der Waals surface area contributed by atoms with E-state index in [0.717, 1.165) is 16.8 Å². The smallest absolute Gasteiger partial charge is 0.0786 e. The quantitative estimate of drug-likeness (QED) is 0.230. The van der Waals surface area contributed by atoms with E-state index in [9.17, 15) is 0 Å². The van der Waals surface area contributed by atoms with Crippen LogP contribution in [0.25, 0.3) is 71.1 Å². The maximum atomic E-state index is 4.84. The summed E-state index contributed by atoms with van der Waals surface area (Å²) in [5, 5.41) is 8.78. The zero-order chi connectivity index (χ0) is 24.3. The Morgan fingerprint density at radius 2 is 1.11 bits per heavy atom. The summed E-state index contributed by atoms with van der Waals surface area (Å²) in [4.78, 5) is 4.84. The van der Waals surface area contributed by atoms with Gasteiger partial charge in [-0.05, 0) is 63.5 Å². The molecule has 2 nitrogen and oxygen atoms in total. The molecule has 8 aromatic rings. The normalized spacial score (nSPS) is 11.8. The molecule has 0 N–H and O–H groups in total. The lowest BCUT2D eigenvalue weighted by Gasteiger charge is -2.13. The Kier molecular flexibility index (Phi) is 4.26. The number of hydrogen-bond acceptors (Lipinski definition) is 1. The Hall–Kier alpha value is -4.95. The molecule has 37 heavy (non-hydrogen) atoms. The highest BCUT2D eigenvalue weighted by Gasteiger charge is 2.14. The van der Waals surface area contributed by atoms with E-state index < -0.39 is 0 Å². The van der Waals surface area contributed by atoms with E-state index in [-0.39, 0.29) is 0 Å². The van der Waals surface area contributed by atoms with Crippen LogP contribution < -0.4 is 0 Å². The van der Waals surface area contributed by atoms with Gasteiger partial charge in [0.05, 0.1) is 16.6 Å². The molecule has 0 unspecified atom stereocenters. The second kappa shape index (κ2) is 7.78. The lowest BCUT2D eigenvalue weighted by molar-refractivity contribution is 1.18. The Bertz CT molecular complexity index is 2080. The third kappa shape index (κ3) is 2.96. The van der Waals surface area contributed by atoms with E-state index in [2.05, 4.69) is 126 Å². The summed E-state index contributed by atoms with van der Waals surface area (Å²) in [5.41, 5.74) is 6.97. The zero-order valence-corrected chi connectivity index (χ0v) is 20.1. The van der Waals surface area contributed by atoms with Gasteiger partial charge in [0, 0.05) is 33.6 Å². The van der Waals surface area contributed by atoms with Crippen molar-refractivity contribution in [1.82, 2.24) is 9.55 Å². The molecule has 0 spiro atoms.